The molecule has 0 aliphatic rings. The van der Waals surface area contributed by atoms with Crippen molar-refractivity contribution < 1.29 is 5.11 Å². The third kappa shape index (κ3) is 1.85. The molecule has 0 spiro atoms. The van der Waals surface area contributed by atoms with E-state index in [9.17, 15) is 5.11 Å². The van der Waals surface area contributed by atoms with E-state index in [1.165, 1.54) is 22.2 Å². The normalized spacial score (nSPS) is 12.3. The highest BCUT2D eigenvalue weighted by atomic mass is 16.3. The molecule has 0 aliphatic heterocycles. The first-order valence-electron chi connectivity index (χ1n) is 5.65. The van der Waals surface area contributed by atoms with Crippen LogP contribution in [0.25, 0.3) is 10.9 Å². The van der Waals surface area contributed by atoms with Crippen molar-refractivity contribution in [3.05, 3.63) is 35.5 Å². The fraction of sp³-hybridized carbons (Fsp3) is 0.429. The fourth-order valence-corrected chi connectivity index (χ4v) is 2.26. The van der Waals surface area contributed by atoms with Gasteiger partial charge in [-0.05, 0) is 32.4 Å². The Labute approximate surface area is 96.5 Å². The molecular weight excluding hydrogens is 198 g/mol. The number of hydrogen-bond donors (Lipinski definition) is 1. The Balaban J connectivity index is 2.64. The summed E-state index contributed by atoms with van der Waals surface area (Å²) in [6, 6.07) is 8.35. The molecule has 16 heavy (non-hydrogen) atoms. The third-order valence-corrected chi connectivity index (χ3v) is 3.14. The van der Waals surface area contributed by atoms with Crippen LogP contribution in [0.3, 0.4) is 0 Å². The molecule has 0 saturated heterocycles. The van der Waals surface area contributed by atoms with Gasteiger partial charge in [0.15, 0.2) is 0 Å². The van der Waals surface area contributed by atoms with Crippen molar-refractivity contribution in [2.24, 2.45) is 7.05 Å². The molecule has 1 heterocycles. The van der Waals surface area contributed by atoms with Gasteiger partial charge >= 0.3 is 0 Å². The van der Waals surface area contributed by atoms with Gasteiger partial charge in [-0.1, -0.05) is 18.2 Å². The van der Waals surface area contributed by atoms with Crippen LogP contribution < -0.4 is 0 Å². The molecule has 2 nitrogen and oxygen atoms in total. The number of rotatable bonds is 2. The minimum Gasteiger partial charge on any atom is -0.390 e. The maximum atomic E-state index is 9.95. The highest BCUT2D eigenvalue weighted by molar-refractivity contribution is 5.85. The van der Waals surface area contributed by atoms with Crippen molar-refractivity contribution in [1.29, 1.82) is 0 Å². The summed E-state index contributed by atoms with van der Waals surface area (Å²) < 4.78 is 2.19. The molecule has 0 radical (unpaired) electrons. The average Bonchev–Trinajstić information content (AvgIpc) is 2.43. The van der Waals surface area contributed by atoms with E-state index in [1.807, 2.05) is 13.8 Å². The predicted molar refractivity (Wildman–Crippen MR) is 67.7 cm³/mol. The minimum absolute atomic E-state index is 0.658. The predicted octanol–water partition coefficient (Wildman–Crippen LogP) is 2.80. The molecule has 0 bridgehead atoms. The van der Waals surface area contributed by atoms with E-state index in [-0.39, 0.29) is 0 Å². The van der Waals surface area contributed by atoms with Crippen molar-refractivity contribution in [1.82, 2.24) is 4.57 Å². The number of nitrogens with zero attached hydrogens (tertiary/aromatic N) is 1. The molecule has 0 atom stereocenters. The zero-order valence-corrected chi connectivity index (χ0v) is 10.4. The molecule has 1 aromatic heterocycles. The summed E-state index contributed by atoms with van der Waals surface area (Å²) in [5, 5.41) is 11.2. The van der Waals surface area contributed by atoms with Gasteiger partial charge in [0.25, 0.3) is 0 Å². The molecule has 2 heteroatoms. The van der Waals surface area contributed by atoms with E-state index in [1.54, 1.807) is 0 Å². The van der Waals surface area contributed by atoms with Crippen LogP contribution in [-0.4, -0.2) is 15.3 Å². The number of aliphatic hydroxyl groups is 1. The van der Waals surface area contributed by atoms with Gasteiger partial charge in [-0.3, -0.25) is 0 Å². The Morgan fingerprint density at radius 2 is 1.88 bits per heavy atom. The highest BCUT2D eigenvalue weighted by Gasteiger charge is 2.19. The molecule has 2 rings (SSSR count). The van der Waals surface area contributed by atoms with Crippen LogP contribution in [0.15, 0.2) is 24.3 Å². The first-order valence-corrected chi connectivity index (χ1v) is 5.65. The standard InChI is InChI=1S/C14H19NO/c1-10-12(9-14(2,3)16)11-7-5-6-8-13(11)15(10)4/h5-8,16H,9H2,1-4H3. The van der Waals surface area contributed by atoms with Gasteiger partial charge in [-0.15, -0.1) is 0 Å². The second kappa shape index (κ2) is 3.63. The van der Waals surface area contributed by atoms with E-state index in [0.717, 1.165) is 0 Å². The molecule has 2 aromatic rings. The largest absolute Gasteiger partial charge is 0.390 e. The van der Waals surface area contributed by atoms with Crippen LogP contribution >= 0.6 is 0 Å². The van der Waals surface area contributed by atoms with Crippen LogP contribution in [-0.2, 0) is 13.5 Å². The van der Waals surface area contributed by atoms with Crippen molar-refractivity contribution in [3.63, 3.8) is 0 Å². The van der Waals surface area contributed by atoms with Gasteiger partial charge in [0.2, 0.25) is 0 Å². The summed E-state index contributed by atoms with van der Waals surface area (Å²) in [5.74, 6) is 0. The summed E-state index contributed by atoms with van der Waals surface area (Å²) in [7, 11) is 2.07. The van der Waals surface area contributed by atoms with E-state index in [2.05, 4.69) is 42.8 Å². The number of para-hydroxylation sites is 1. The molecule has 0 fully saturated rings. The molecule has 0 unspecified atom stereocenters. The number of fused-ring (bicyclic) bond motifs is 1. The Morgan fingerprint density at radius 3 is 2.50 bits per heavy atom. The van der Waals surface area contributed by atoms with E-state index in [0.29, 0.717) is 6.42 Å². The lowest BCUT2D eigenvalue weighted by Gasteiger charge is -2.17. The Bertz CT molecular complexity index is 517. The highest BCUT2D eigenvalue weighted by Crippen LogP contribution is 2.27. The molecule has 86 valence electrons. The smallest absolute Gasteiger partial charge is 0.0632 e. The van der Waals surface area contributed by atoms with Crippen LogP contribution in [0.5, 0.6) is 0 Å². The van der Waals surface area contributed by atoms with Crippen LogP contribution in [0.1, 0.15) is 25.1 Å². The number of benzene rings is 1. The SMILES string of the molecule is Cc1c(CC(C)(C)O)c2ccccc2n1C. The zero-order valence-electron chi connectivity index (χ0n) is 10.4. The van der Waals surface area contributed by atoms with Gasteiger partial charge < -0.3 is 9.67 Å². The number of aromatic nitrogens is 1. The minimum atomic E-state index is -0.658. The van der Waals surface area contributed by atoms with Gasteiger partial charge in [0, 0.05) is 30.1 Å². The summed E-state index contributed by atoms with van der Waals surface area (Å²) in [6.45, 7) is 5.82. The van der Waals surface area contributed by atoms with Crippen LogP contribution in [0, 0.1) is 6.92 Å². The summed E-state index contributed by atoms with van der Waals surface area (Å²) in [6.07, 6.45) is 0.695. The molecule has 1 aromatic carbocycles. The van der Waals surface area contributed by atoms with Gasteiger partial charge in [-0.25, -0.2) is 0 Å². The van der Waals surface area contributed by atoms with Gasteiger partial charge in [0.05, 0.1) is 5.60 Å². The topological polar surface area (TPSA) is 25.2 Å². The van der Waals surface area contributed by atoms with Crippen molar-refractivity contribution in [2.45, 2.75) is 32.8 Å². The van der Waals surface area contributed by atoms with Crippen LogP contribution in [0.2, 0.25) is 0 Å². The third-order valence-electron chi connectivity index (χ3n) is 3.14. The van der Waals surface area contributed by atoms with Gasteiger partial charge in [0.1, 0.15) is 0 Å². The first kappa shape index (κ1) is 11.2. The quantitative estimate of drug-likeness (QED) is 0.822. The van der Waals surface area contributed by atoms with E-state index >= 15 is 0 Å². The summed E-state index contributed by atoms with van der Waals surface area (Å²) in [4.78, 5) is 0. The van der Waals surface area contributed by atoms with E-state index < -0.39 is 5.60 Å². The summed E-state index contributed by atoms with van der Waals surface area (Å²) in [5.41, 5.74) is 3.07. The lowest BCUT2D eigenvalue weighted by atomic mass is 9.96. The lowest BCUT2D eigenvalue weighted by molar-refractivity contribution is 0.0811. The van der Waals surface area contributed by atoms with Crippen molar-refractivity contribution in [3.8, 4) is 0 Å². The fourth-order valence-electron chi connectivity index (χ4n) is 2.26. The maximum Gasteiger partial charge on any atom is 0.0632 e. The number of aryl methyl sites for hydroxylation is 1. The Kier molecular flexibility index (Phi) is 2.55. The zero-order chi connectivity index (χ0) is 11.9. The molecule has 0 amide bonds. The molecule has 1 N–H and O–H groups in total. The van der Waals surface area contributed by atoms with Crippen molar-refractivity contribution >= 4 is 10.9 Å². The second-order valence-electron chi connectivity index (χ2n) is 5.13. The Hall–Kier alpha value is -1.28. The lowest BCUT2D eigenvalue weighted by Crippen LogP contribution is -2.22. The Morgan fingerprint density at radius 1 is 1.25 bits per heavy atom. The van der Waals surface area contributed by atoms with E-state index in [4.69, 9.17) is 0 Å². The number of hydrogen-bond acceptors (Lipinski definition) is 1. The van der Waals surface area contributed by atoms with Gasteiger partial charge in [-0.2, -0.15) is 0 Å². The van der Waals surface area contributed by atoms with Crippen LogP contribution in [0.4, 0.5) is 0 Å². The maximum absolute atomic E-state index is 9.95. The molecule has 0 aliphatic carbocycles. The molecule has 0 saturated carbocycles. The second-order valence-corrected chi connectivity index (χ2v) is 5.13. The van der Waals surface area contributed by atoms with Crippen molar-refractivity contribution in [2.75, 3.05) is 0 Å². The molecular formula is C14H19NO. The average molecular weight is 217 g/mol. The summed E-state index contributed by atoms with van der Waals surface area (Å²) >= 11 is 0. The monoisotopic (exact) mass is 217 g/mol. The first-order chi connectivity index (χ1) is 7.40.